The third-order valence-electron chi connectivity index (χ3n) is 10.8. The first-order chi connectivity index (χ1) is 29.5. The van der Waals surface area contributed by atoms with E-state index in [2.05, 4.69) is 10.1 Å². The Morgan fingerprint density at radius 3 is 1.87 bits per heavy atom. The molecule has 1 amide bonds. The third kappa shape index (κ3) is 8.90. The molecule has 332 valence electrons. The van der Waals surface area contributed by atoms with Crippen LogP contribution in [0.15, 0.2) is 72.8 Å². The number of fused-ring (bicyclic) bond motifs is 2. The number of nitrogens with zero attached hydrogens (tertiary/aromatic N) is 2. The number of carbonyl (C=O) groups excluding carboxylic acids is 4. The zero-order valence-corrected chi connectivity index (χ0v) is 34.0. The van der Waals surface area contributed by atoms with Crippen molar-refractivity contribution in [1.82, 2.24) is 14.5 Å². The van der Waals surface area contributed by atoms with Gasteiger partial charge < -0.3 is 24.6 Å². The Morgan fingerprint density at radius 2 is 1.32 bits per heavy atom. The van der Waals surface area contributed by atoms with Gasteiger partial charge in [0.2, 0.25) is 5.91 Å². The molecule has 0 fully saturated rings. The molecule has 0 spiro atoms. The molecular weight excluding hydrogens is 850 g/mol. The summed E-state index contributed by atoms with van der Waals surface area (Å²) in [6, 6.07) is 11.7. The number of aromatic nitrogens is 2. The van der Waals surface area contributed by atoms with E-state index in [0.717, 1.165) is 75.9 Å². The van der Waals surface area contributed by atoms with E-state index in [0.29, 0.717) is 0 Å². The topological polar surface area (TPSA) is 138 Å². The van der Waals surface area contributed by atoms with Crippen LogP contribution in [0.4, 0.5) is 35.1 Å². The summed E-state index contributed by atoms with van der Waals surface area (Å²) in [7, 11) is 1.22. The van der Waals surface area contributed by atoms with E-state index in [9.17, 15) is 59.4 Å². The van der Waals surface area contributed by atoms with Crippen molar-refractivity contribution in [3.05, 3.63) is 124 Å². The summed E-state index contributed by atoms with van der Waals surface area (Å²) in [6.45, 7) is 5.45. The van der Waals surface area contributed by atoms with Gasteiger partial charge in [-0.3, -0.25) is 28.3 Å². The minimum atomic E-state index is -4.97. The molecule has 6 rings (SSSR count). The van der Waals surface area contributed by atoms with Gasteiger partial charge in [-0.05, 0) is 99.0 Å². The van der Waals surface area contributed by atoms with Crippen molar-refractivity contribution < 1.29 is 73.6 Å². The van der Waals surface area contributed by atoms with Crippen LogP contribution < -0.4 is 14.8 Å². The standard InChI is InChI=1S/C44H37F8N3O8/c1-6-42(4,38-23(3)55(34-20-31(45)35(56)17-30(34)38)40(59)24-7-11-26(12-8-24)43(47,48)49)41(60)62-16-15-53-37(57)19-28-22(2)54(33-21-32(46)36(61-5)18-29(28)33)39(58)25-9-13-27(14-10-25)63-44(50,51)52/h7-14,17-18,20-21,56H,6,15-16,19H2,1-5H3,(H,53,57). The largest absolute Gasteiger partial charge is 0.573 e. The molecule has 0 aliphatic rings. The van der Waals surface area contributed by atoms with Crippen molar-refractivity contribution in [1.29, 1.82) is 0 Å². The van der Waals surface area contributed by atoms with E-state index < -0.39 is 70.3 Å². The van der Waals surface area contributed by atoms with Crippen molar-refractivity contribution in [3.8, 4) is 17.2 Å². The maximum atomic E-state index is 15.0. The highest BCUT2D eigenvalue weighted by Gasteiger charge is 2.41. The third-order valence-corrected chi connectivity index (χ3v) is 10.8. The zero-order valence-electron chi connectivity index (χ0n) is 34.0. The summed E-state index contributed by atoms with van der Waals surface area (Å²) in [4.78, 5) is 54.7. The number of alkyl halides is 6. The molecule has 2 N–H and O–H groups in total. The molecule has 2 heterocycles. The van der Waals surface area contributed by atoms with Gasteiger partial charge >= 0.3 is 18.5 Å². The zero-order chi connectivity index (χ0) is 46.3. The van der Waals surface area contributed by atoms with Crippen LogP contribution in [0.5, 0.6) is 17.2 Å². The fraction of sp³-hybridized carbons (Fsp3) is 0.273. The normalized spacial score (nSPS) is 12.9. The maximum absolute atomic E-state index is 15.0. The van der Waals surface area contributed by atoms with Gasteiger partial charge in [0.25, 0.3) is 11.8 Å². The van der Waals surface area contributed by atoms with Gasteiger partial charge in [-0.25, -0.2) is 8.78 Å². The lowest BCUT2D eigenvalue weighted by molar-refractivity contribution is -0.274. The van der Waals surface area contributed by atoms with E-state index in [4.69, 9.17) is 9.47 Å². The monoisotopic (exact) mass is 887 g/mol. The van der Waals surface area contributed by atoms with Crippen LogP contribution in [-0.4, -0.2) is 64.6 Å². The van der Waals surface area contributed by atoms with Crippen LogP contribution in [0, 0.1) is 25.5 Å². The molecule has 1 unspecified atom stereocenters. The first kappa shape index (κ1) is 45.6. The van der Waals surface area contributed by atoms with Gasteiger partial charge in [-0.15, -0.1) is 13.2 Å². The number of hydrogen-bond donors (Lipinski definition) is 2. The number of halogens is 8. The van der Waals surface area contributed by atoms with Gasteiger partial charge in [-0.1, -0.05) is 6.92 Å². The second kappa shape index (κ2) is 17.1. The summed E-state index contributed by atoms with van der Waals surface area (Å²) in [5.41, 5.74) is -2.08. The fourth-order valence-corrected chi connectivity index (χ4v) is 7.50. The molecule has 4 aromatic carbocycles. The molecule has 1 atom stereocenters. The number of ether oxygens (including phenoxy) is 3. The number of nitrogens with one attached hydrogen (secondary N) is 1. The molecule has 6 aromatic rings. The van der Waals surface area contributed by atoms with Gasteiger partial charge in [-0.2, -0.15) is 13.2 Å². The second-order valence-corrected chi connectivity index (χ2v) is 14.6. The summed E-state index contributed by atoms with van der Waals surface area (Å²) >= 11 is 0. The van der Waals surface area contributed by atoms with Crippen molar-refractivity contribution in [2.75, 3.05) is 20.3 Å². The van der Waals surface area contributed by atoms with E-state index in [1.165, 1.54) is 33.9 Å². The Kier molecular flexibility index (Phi) is 12.4. The lowest BCUT2D eigenvalue weighted by Gasteiger charge is -2.27. The number of amides is 1. The van der Waals surface area contributed by atoms with E-state index in [1.54, 1.807) is 6.92 Å². The van der Waals surface area contributed by atoms with Crippen LogP contribution in [0.2, 0.25) is 0 Å². The molecular formula is C44H37F8N3O8. The Balaban J connectivity index is 1.21. The molecule has 0 saturated heterocycles. The highest BCUT2D eigenvalue weighted by molar-refractivity contribution is 6.07. The molecule has 0 saturated carbocycles. The predicted molar refractivity (Wildman–Crippen MR) is 211 cm³/mol. The molecule has 0 aliphatic heterocycles. The van der Waals surface area contributed by atoms with E-state index >= 15 is 0 Å². The average molecular weight is 888 g/mol. The quantitative estimate of drug-likeness (QED) is 0.0706. The Hall–Kier alpha value is -6.92. The lowest BCUT2D eigenvalue weighted by Crippen LogP contribution is -2.37. The maximum Gasteiger partial charge on any atom is 0.573 e. The van der Waals surface area contributed by atoms with Crippen molar-refractivity contribution in [3.63, 3.8) is 0 Å². The summed E-state index contributed by atoms with van der Waals surface area (Å²) in [6.07, 6.45) is -9.96. The smallest absolute Gasteiger partial charge is 0.505 e. The first-order valence-electron chi connectivity index (χ1n) is 19.0. The SMILES string of the molecule is CCC(C)(C(=O)OCCNC(=O)Cc1c(C)n(C(=O)c2ccc(OC(F)(F)F)cc2)c2cc(F)c(OC)cc12)c1c(C)n(C(=O)c2ccc(C(F)(F)F)cc2)c2cc(F)c(O)cc12. The number of hydrogen-bond acceptors (Lipinski definition) is 8. The Bertz CT molecular complexity index is 2770. The molecule has 63 heavy (non-hydrogen) atoms. The molecule has 19 heteroatoms. The average Bonchev–Trinajstić information content (AvgIpc) is 3.65. The molecule has 2 aromatic heterocycles. The van der Waals surface area contributed by atoms with Crippen LogP contribution in [0.1, 0.15) is 69.1 Å². The number of phenolic OH excluding ortho intramolecular Hbond substituents is 1. The van der Waals surface area contributed by atoms with Crippen molar-refractivity contribution in [2.24, 2.45) is 0 Å². The number of phenols is 1. The molecule has 0 bridgehead atoms. The van der Waals surface area contributed by atoms with Crippen LogP contribution in [0.3, 0.4) is 0 Å². The lowest BCUT2D eigenvalue weighted by atomic mass is 9.78. The van der Waals surface area contributed by atoms with Gasteiger partial charge in [0, 0.05) is 45.4 Å². The number of aromatic hydroxyl groups is 1. The fourth-order valence-electron chi connectivity index (χ4n) is 7.50. The molecule has 0 aliphatic carbocycles. The van der Waals surface area contributed by atoms with Gasteiger partial charge in [0.05, 0.1) is 42.1 Å². The number of methoxy groups -OCH3 is 1. The Morgan fingerprint density at radius 1 is 0.762 bits per heavy atom. The minimum Gasteiger partial charge on any atom is -0.505 e. The highest BCUT2D eigenvalue weighted by Crippen LogP contribution is 2.41. The minimum absolute atomic E-state index is 0.0377. The molecule has 0 radical (unpaired) electrons. The number of esters is 1. The first-order valence-corrected chi connectivity index (χ1v) is 19.0. The second-order valence-electron chi connectivity index (χ2n) is 14.6. The van der Waals surface area contributed by atoms with Crippen molar-refractivity contribution >= 4 is 45.5 Å². The molecule has 11 nitrogen and oxygen atoms in total. The van der Waals surface area contributed by atoms with E-state index in [1.807, 2.05) is 0 Å². The van der Waals surface area contributed by atoms with Gasteiger partial charge in [0.15, 0.2) is 23.1 Å². The Labute approximate surface area is 352 Å². The summed E-state index contributed by atoms with van der Waals surface area (Å²) in [5.74, 6) is -6.54. The number of benzene rings is 4. The summed E-state index contributed by atoms with van der Waals surface area (Å²) in [5, 5.41) is 13.3. The van der Waals surface area contributed by atoms with Crippen LogP contribution in [0.25, 0.3) is 21.8 Å². The van der Waals surface area contributed by atoms with Crippen LogP contribution >= 0.6 is 0 Å². The van der Waals surface area contributed by atoms with Crippen molar-refractivity contribution in [2.45, 2.75) is 58.5 Å². The van der Waals surface area contributed by atoms with Gasteiger partial charge in [0.1, 0.15) is 12.4 Å². The van der Waals surface area contributed by atoms with E-state index in [-0.39, 0.29) is 87.2 Å². The summed E-state index contributed by atoms with van der Waals surface area (Å²) < 4.78 is 124. The predicted octanol–water partition coefficient (Wildman–Crippen LogP) is 9.07. The number of carbonyl (C=O) groups is 4. The van der Waals surface area contributed by atoms with Crippen LogP contribution in [-0.2, 0) is 32.3 Å². The highest BCUT2D eigenvalue weighted by atomic mass is 19.4. The number of rotatable bonds is 12.